The van der Waals surface area contributed by atoms with Crippen molar-refractivity contribution in [2.24, 2.45) is 0 Å². The van der Waals surface area contributed by atoms with Crippen LogP contribution in [0.2, 0.25) is 0 Å². The fraction of sp³-hybridized carbons (Fsp3) is 0.143. The number of ether oxygens (including phenoxy) is 1. The highest BCUT2D eigenvalue weighted by molar-refractivity contribution is 5.92. The van der Waals surface area contributed by atoms with Crippen LogP contribution >= 0.6 is 0 Å². The summed E-state index contributed by atoms with van der Waals surface area (Å²) in [6, 6.07) is 13.2. The van der Waals surface area contributed by atoms with Gasteiger partial charge in [-0.25, -0.2) is 0 Å². The molecule has 4 nitrogen and oxygen atoms in total. The van der Waals surface area contributed by atoms with E-state index in [1.807, 2.05) is 30.3 Å². The minimum absolute atomic E-state index is 0.222. The van der Waals surface area contributed by atoms with Gasteiger partial charge in [0.05, 0.1) is 0 Å². The first-order chi connectivity index (χ1) is 8.79. The summed E-state index contributed by atoms with van der Waals surface area (Å²) in [5, 5.41) is 2.53. The minimum atomic E-state index is -0.222. The Kier molecular flexibility index (Phi) is 3.91. The van der Waals surface area contributed by atoms with Gasteiger partial charge in [0.25, 0.3) is 5.91 Å². The van der Waals surface area contributed by atoms with Crippen LogP contribution in [0, 0.1) is 0 Å². The first kappa shape index (κ1) is 12.1. The molecule has 4 heteroatoms. The zero-order chi connectivity index (χ0) is 12.8. The Morgan fingerprint density at radius 1 is 1.28 bits per heavy atom. The molecular formula is C14H14N2O2. The maximum atomic E-state index is 11.4. The fourth-order valence-electron chi connectivity index (χ4n) is 1.49. The average Bonchev–Trinajstić information content (AvgIpc) is 2.45. The monoisotopic (exact) mass is 242 g/mol. The van der Waals surface area contributed by atoms with Crippen LogP contribution in [0.1, 0.15) is 16.1 Å². The van der Waals surface area contributed by atoms with Crippen LogP contribution in [0.3, 0.4) is 0 Å². The summed E-state index contributed by atoms with van der Waals surface area (Å²) < 4.78 is 5.61. The average molecular weight is 242 g/mol. The van der Waals surface area contributed by atoms with E-state index >= 15 is 0 Å². The van der Waals surface area contributed by atoms with Gasteiger partial charge in [-0.15, -0.1) is 0 Å². The molecule has 0 fully saturated rings. The lowest BCUT2D eigenvalue weighted by Crippen LogP contribution is -2.19. The number of nitrogens with zero attached hydrogens (tertiary/aromatic N) is 1. The van der Waals surface area contributed by atoms with Gasteiger partial charge in [0.1, 0.15) is 18.1 Å². The van der Waals surface area contributed by atoms with E-state index in [0.717, 1.165) is 5.56 Å². The standard InChI is InChI=1S/C14H14N2O2/c1-15-14(17)13-9-12(7-8-16-13)18-10-11-5-3-2-4-6-11/h2-9H,10H2,1H3,(H,15,17). The van der Waals surface area contributed by atoms with E-state index in [9.17, 15) is 4.79 Å². The van der Waals surface area contributed by atoms with Gasteiger partial charge in [-0.3, -0.25) is 9.78 Å². The van der Waals surface area contributed by atoms with Crippen molar-refractivity contribution in [2.75, 3.05) is 7.05 Å². The van der Waals surface area contributed by atoms with Crippen LogP contribution in [-0.4, -0.2) is 17.9 Å². The number of carbonyl (C=O) groups is 1. The third-order valence-electron chi connectivity index (χ3n) is 2.44. The molecule has 0 saturated carbocycles. The first-order valence-electron chi connectivity index (χ1n) is 5.64. The third kappa shape index (κ3) is 3.07. The SMILES string of the molecule is CNC(=O)c1cc(OCc2ccccc2)ccn1. The van der Waals surface area contributed by atoms with Crippen LogP contribution in [0.5, 0.6) is 5.75 Å². The first-order valence-corrected chi connectivity index (χ1v) is 5.64. The molecule has 0 atom stereocenters. The number of benzene rings is 1. The van der Waals surface area contributed by atoms with Crippen LogP contribution < -0.4 is 10.1 Å². The molecule has 0 spiro atoms. The summed E-state index contributed by atoms with van der Waals surface area (Å²) in [6.07, 6.45) is 1.56. The number of amides is 1. The highest BCUT2D eigenvalue weighted by atomic mass is 16.5. The predicted octanol–water partition coefficient (Wildman–Crippen LogP) is 2.02. The summed E-state index contributed by atoms with van der Waals surface area (Å²) in [6.45, 7) is 0.470. The van der Waals surface area contributed by atoms with Crippen molar-refractivity contribution in [2.45, 2.75) is 6.61 Å². The normalized spacial score (nSPS) is 9.83. The lowest BCUT2D eigenvalue weighted by Gasteiger charge is -2.07. The van der Waals surface area contributed by atoms with Gasteiger partial charge < -0.3 is 10.1 Å². The molecule has 0 aliphatic carbocycles. The van der Waals surface area contributed by atoms with E-state index in [-0.39, 0.29) is 5.91 Å². The molecule has 1 amide bonds. The molecule has 0 saturated heterocycles. The topological polar surface area (TPSA) is 51.2 Å². The van der Waals surface area contributed by atoms with Gasteiger partial charge in [0, 0.05) is 19.3 Å². The Morgan fingerprint density at radius 2 is 2.06 bits per heavy atom. The van der Waals surface area contributed by atoms with Crippen LogP contribution in [0.4, 0.5) is 0 Å². The lowest BCUT2D eigenvalue weighted by molar-refractivity contribution is 0.0957. The van der Waals surface area contributed by atoms with Gasteiger partial charge in [-0.1, -0.05) is 30.3 Å². The molecule has 2 rings (SSSR count). The molecule has 0 unspecified atom stereocenters. The molecule has 92 valence electrons. The van der Waals surface area contributed by atoms with Gasteiger partial charge in [0.2, 0.25) is 0 Å². The van der Waals surface area contributed by atoms with E-state index in [1.165, 1.54) is 0 Å². The molecule has 0 aliphatic heterocycles. The Labute approximate surface area is 106 Å². The molecule has 0 aliphatic rings. The van der Waals surface area contributed by atoms with Gasteiger partial charge in [0.15, 0.2) is 0 Å². The Bertz CT molecular complexity index is 526. The second kappa shape index (κ2) is 5.82. The minimum Gasteiger partial charge on any atom is -0.489 e. The quantitative estimate of drug-likeness (QED) is 0.892. The molecule has 1 aromatic heterocycles. The van der Waals surface area contributed by atoms with E-state index in [4.69, 9.17) is 4.74 Å². The Hall–Kier alpha value is -2.36. The van der Waals surface area contributed by atoms with Crippen LogP contribution in [0.25, 0.3) is 0 Å². The number of nitrogens with one attached hydrogen (secondary N) is 1. The smallest absolute Gasteiger partial charge is 0.269 e. The highest BCUT2D eigenvalue weighted by Crippen LogP contribution is 2.13. The summed E-state index contributed by atoms with van der Waals surface area (Å²) in [5.74, 6) is 0.410. The number of pyridine rings is 1. The fourth-order valence-corrected chi connectivity index (χ4v) is 1.49. The number of aromatic nitrogens is 1. The van der Waals surface area contributed by atoms with E-state index < -0.39 is 0 Å². The van der Waals surface area contributed by atoms with Crippen LogP contribution in [0.15, 0.2) is 48.7 Å². The van der Waals surface area contributed by atoms with Gasteiger partial charge in [-0.2, -0.15) is 0 Å². The number of hydrogen-bond acceptors (Lipinski definition) is 3. The van der Waals surface area contributed by atoms with Crippen molar-refractivity contribution in [1.82, 2.24) is 10.3 Å². The van der Waals surface area contributed by atoms with Crippen molar-refractivity contribution in [3.8, 4) is 5.75 Å². The second-order valence-corrected chi connectivity index (χ2v) is 3.73. The summed E-state index contributed by atoms with van der Waals surface area (Å²) in [5.41, 5.74) is 1.43. The summed E-state index contributed by atoms with van der Waals surface area (Å²) in [4.78, 5) is 15.4. The highest BCUT2D eigenvalue weighted by Gasteiger charge is 2.05. The zero-order valence-corrected chi connectivity index (χ0v) is 10.1. The Balaban J connectivity index is 2.04. The number of hydrogen-bond donors (Lipinski definition) is 1. The zero-order valence-electron chi connectivity index (χ0n) is 10.1. The largest absolute Gasteiger partial charge is 0.489 e. The molecule has 1 aromatic carbocycles. The van der Waals surface area contributed by atoms with Gasteiger partial charge >= 0.3 is 0 Å². The molecular weight excluding hydrogens is 228 g/mol. The van der Waals surface area contributed by atoms with Gasteiger partial charge in [-0.05, 0) is 11.6 Å². The van der Waals surface area contributed by atoms with Crippen molar-refractivity contribution in [3.63, 3.8) is 0 Å². The molecule has 0 radical (unpaired) electrons. The van der Waals surface area contributed by atoms with Crippen molar-refractivity contribution < 1.29 is 9.53 Å². The third-order valence-corrected chi connectivity index (χ3v) is 2.44. The number of carbonyl (C=O) groups excluding carboxylic acids is 1. The molecule has 1 heterocycles. The lowest BCUT2D eigenvalue weighted by atomic mass is 10.2. The molecule has 2 aromatic rings. The maximum absolute atomic E-state index is 11.4. The van der Waals surface area contributed by atoms with Crippen LogP contribution in [-0.2, 0) is 6.61 Å². The summed E-state index contributed by atoms with van der Waals surface area (Å²) >= 11 is 0. The molecule has 1 N–H and O–H groups in total. The molecule has 0 bridgehead atoms. The van der Waals surface area contributed by atoms with E-state index in [2.05, 4.69) is 10.3 Å². The second-order valence-electron chi connectivity index (χ2n) is 3.73. The Morgan fingerprint density at radius 3 is 2.78 bits per heavy atom. The van der Waals surface area contributed by atoms with E-state index in [0.29, 0.717) is 18.1 Å². The predicted molar refractivity (Wildman–Crippen MR) is 68.4 cm³/mol. The number of rotatable bonds is 4. The summed E-state index contributed by atoms with van der Waals surface area (Å²) in [7, 11) is 1.57. The van der Waals surface area contributed by atoms with E-state index in [1.54, 1.807) is 25.4 Å². The molecule has 18 heavy (non-hydrogen) atoms. The van der Waals surface area contributed by atoms with Crippen molar-refractivity contribution in [1.29, 1.82) is 0 Å². The van der Waals surface area contributed by atoms with Crippen molar-refractivity contribution in [3.05, 3.63) is 59.9 Å². The van der Waals surface area contributed by atoms with Crippen molar-refractivity contribution >= 4 is 5.91 Å². The maximum Gasteiger partial charge on any atom is 0.269 e.